The highest BCUT2D eigenvalue weighted by molar-refractivity contribution is 6.18. The van der Waals surface area contributed by atoms with E-state index in [2.05, 4.69) is 0 Å². The number of phenolic OH excluding ortho intramolecular Hbond substituents is 1. The van der Waals surface area contributed by atoms with Gasteiger partial charge in [0.25, 0.3) is 0 Å². The average molecular weight is 410 g/mol. The number of rotatable bonds is 4. The van der Waals surface area contributed by atoms with E-state index in [0.29, 0.717) is 39.1 Å². The lowest BCUT2D eigenvalue weighted by Gasteiger charge is -2.18. The number of aromatic hydroxyl groups is 1. The van der Waals surface area contributed by atoms with Crippen molar-refractivity contribution in [3.63, 3.8) is 0 Å². The molecule has 0 amide bonds. The van der Waals surface area contributed by atoms with E-state index < -0.39 is 17.7 Å². The van der Waals surface area contributed by atoms with Gasteiger partial charge in [0.2, 0.25) is 6.79 Å². The molecule has 0 saturated heterocycles. The molecule has 3 aromatic rings. The normalized spacial score (nSPS) is 12.0. The number of hydrogen-bond acceptors (Lipinski definition) is 8. The first-order valence-corrected chi connectivity index (χ1v) is 8.93. The molecule has 0 saturated carbocycles. The van der Waals surface area contributed by atoms with Crippen molar-refractivity contribution >= 4 is 22.7 Å². The van der Waals surface area contributed by atoms with Crippen molar-refractivity contribution in [2.75, 3.05) is 28.1 Å². The second kappa shape index (κ2) is 7.47. The molecule has 1 aliphatic rings. The quantitative estimate of drug-likeness (QED) is 0.652. The molecule has 154 valence electrons. The molecule has 0 aliphatic carbocycles. The summed E-state index contributed by atoms with van der Waals surface area (Å²) in [6.45, 7) is 0.0224. The molecule has 0 atom stereocenters. The van der Waals surface area contributed by atoms with Gasteiger partial charge in [0.15, 0.2) is 11.5 Å². The third-order valence-corrected chi connectivity index (χ3v) is 4.91. The number of esters is 2. The van der Waals surface area contributed by atoms with Crippen LogP contribution in [0.2, 0.25) is 0 Å². The predicted molar refractivity (Wildman–Crippen MR) is 106 cm³/mol. The predicted octanol–water partition coefficient (Wildman–Crippen LogP) is 3.52. The van der Waals surface area contributed by atoms with Gasteiger partial charge in [-0.05, 0) is 35.2 Å². The van der Waals surface area contributed by atoms with E-state index in [9.17, 15) is 14.7 Å². The largest absolute Gasteiger partial charge is 0.506 e. The topological polar surface area (TPSA) is 101 Å². The van der Waals surface area contributed by atoms with Crippen LogP contribution in [0.3, 0.4) is 0 Å². The summed E-state index contributed by atoms with van der Waals surface area (Å²) in [6.07, 6.45) is 0. The van der Waals surface area contributed by atoms with E-state index in [1.807, 2.05) is 0 Å². The van der Waals surface area contributed by atoms with E-state index >= 15 is 0 Å². The monoisotopic (exact) mass is 410 g/mol. The lowest BCUT2D eigenvalue weighted by atomic mass is 9.88. The average Bonchev–Trinajstić information content (AvgIpc) is 3.24. The molecule has 30 heavy (non-hydrogen) atoms. The fraction of sp³-hybridized carbons (Fsp3) is 0.182. The number of benzene rings is 3. The summed E-state index contributed by atoms with van der Waals surface area (Å²) in [5.74, 6) is -0.685. The molecule has 0 fully saturated rings. The van der Waals surface area contributed by atoms with Crippen LogP contribution in [0.5, 0.6) is 23.0 Å². The highest BCUT2D eigenvalue weighted by Crippen LogP contribution is 2.47. The highest BCUT2D eigenvalue weighted by atomic mass is 16.7. The summed E-state index contributed by atoms with van der Waals surface area (Å²) in [4.78, 5) is 25.4. The van der Waals surface area contributed by atoms with Gasteiger partial charge in [0.05, 0.1) is 26.9 Å². The molecule has 1 N–H and O–H groups in total. The molecule has 0 unspecified atom stereocenters. The van der Waals surface area contributed by atoms with Crippen molar-refractivity contribution in [3.05, 3.63) is 47.5 Å². The molecule has 4 rings (SSSR count). The van der Waals surface area contributed by atoms with Gasteiger partial charge in [-0.3, -0.25) is 0 Å². The zero-order chi connectivity index (χ0) is 21.4. The minimum Gasteiger partial charge on any atom is -0.506 e. The van der Waals surface area contributed by atoms with Gasteiger partial charge < -0.3 is 28.8 Å². The van der Waals surface area contributed by atoms with Crippen molar-refractivity contribution in [2.45, 2.75) is 0 Å². The summed E-state index contributed by atoms with van der Waals surface area (Å²) in [7, 11) is 3.88. The number of carbonyl (C=O) groups is 2. The lowest BCUT2D eigenvalue weighted by Crippen LogP contribution is -2.14. The molecular weight excluding hydrogens is 392 g/mol. The summed E-state index contributed by atoms with van der Waals surface area (Å²) in [5.41, 5.74) is 0.519. The third-order valence-electron chi connectivity index (χ3n) is 4.91. The van der Waals surface area contributed by atoms with E-state index in [0.717, 1.165) is 7.11 Å². The van der Waals surface area contributed by atoms with Crippen LogP contribution in [0.4, 0.5) is 0 Å². The number of fused-ring (bicyclic) bond motifs is 2. The molecular formula is C22H18O8. The van der Waals surface area contributed by atoms with Gasteiger partial charge in [0.1, 0.15) is 17.1 Å². The molecule has 1 aliphatic heterocycles. The Morgan fingerprint density at radius 2 is 1.53 bits per heavy atom. The van der Waals surface area contributed by atoms with Crippen molar-refractivity contribution in [1.82, 2.24) is 0 Å². The first kappa shape index (κ1) is 19.4. The van der Waals surface area contributed by atoms with E-state index in [4.69, 9.17) is 23.7 Å². The van der Waals surface area contributed by atoms with Crippen molar-refractivity contribution in [3.8, 4) is 34.1 Å². The van der Waals surface area contributed by atoms with E-state index in [-0.39, 0.29) is 17.9 Å². The second-order valence-corrected chi connectivity index (χ2v) is 6.44. The van der Waals surface area contributed by atoms with E-state index in [1.54, 1.807) is 36.4 Å². The maximum atomic E-state index is 12.8. The summed E-state index contributed by atoms with van der Waals surface area (Å²) < 4.78 is 26.0. The smallest absolute Gasteiger partial charge is 0.342 e. The molecule has 3 aromatic carbocycles. The summed E-state index contributed by atoms with van der Waals surface area (Å²) in [5, 5.41) is 11.7. The molecule has 0 radical (unpaired) electrons. The molecule has 8 nitrogen and oxygen atoms in total. The first-order chi connectivity index (χ1) is 14.5. The number of methoxy groups -OCH3 is 3. The molecule has 0 aromatic heterocycles. The molecule has 8 heteroatoms. The lowest BCUT2D eigenvalue weighted by molar-refractivity contribution is 0.0553. The van der Waals surface area contributed by atoms with Crippen LogP contribution < -0.4 is 14.2 Å². The standard InChI is InChI=1S/C22H18O8/c1-26-12-6-4-5-11(7-12)17-13-8-15-16(30-10-29-15)9-14(13)20(23)19(22(25)28-3)18(17)21(24)27-2/h4-9,23H,10H2,1-3H3. The Kier molecular flexibility index (Phi) is 4.83. The third kappa shape index (κ3) is 2.93. The Morgan fingerprint density at radius 3 is 2.17 bits per heavy atom. The molecule has 1 heterocycles. The summed E-state index contributed by atoms with van der Waals surface area (Å²) >= 11 is 0. The van der Waals surface area contributed by atoms with Crippen LogP contribution in [0.25, 0.3) is 21.9 Å². The SMILES string of the molecule is COC(=O)c1c(C(=O)OC)c(-c2cccc(OC)c2)c2cc3c(cc2c1O)OCO3. The minimum absolute atomic E-state index is 0.0224. The number of carbonyl (C=O) groups excluding carboxylic acids is 2. The van der Waals surface area contributed by atoms with Gasteiger partial charge in [-0.25, -0.2) is 9.59 Å². The number of phenols is 1. The highest BCUT2D eigenvalue weighted by Gasteiger charge is 2.31. The fourth-order valence-corrected chi connectivity index (χ4v) is 3.54. The van der Waals surface area contributed by atoms with Crippen LogP contribution in [0.15, 0.2) is 36.4 Å². The fourth-order valence-electron chi connectivity index (χ4n) is 3.54. The number of ether oxygens (including phenoxy) is 5. The zero-order valence-corrected chi connectivity index (χ0v) is 16.5. The Morgan fingerprint density at radius 1 is 0.900 bits per heavy atom. The summed E-state index contributed by atoms with van der Waals surface area (Å²) in [6, 6.07) is 10.2. The van der Waals surface area contributed by atoms with Crippen molar-refractivity contribution in [1.29, 1.82) is 0 Å². The Bertz CT molecular complexity index is 1180. The van der Waals surface area contributed by atoms with E-state index in [1.165, 1.54) is 14.2 Å². The van der Waals surface area contributed by atoms with Gasteiger partial charge in [-0.15, -0.1) is 0 Å². The van der Waals surface area contributed by atoms with Crippen LogP contribution in [-0.4, -0.2) is 45.2 Å². The van der Waals surface area contributed by atoms with Crippen molar-refractivity contribution in [2.24, 2.45) is 0 Å². The van der Waals surface area contributed by atoms with Crippen molar-refractivity contribution < 1.29 is 38.4 Å². The Balaban J connectivity index is 2.21. The van der Waals surface area contributed by atoms with Gasteiger partial charge in [0, 0.05) is 10.9 Å². The maximum absolute atomic E-state index is 12.8. The minimum atomic E-state index is -0.878. The van der Waals surface area contributed by atoms with Gasteiger partial charge >= 0.3 is 11.9 Å². The van der Waals surface area contributed by atoms with Gasteiger partial charge in [-0.1, -0.05) is 12.1 Å². The Hall–Kier alpha value is -3.94. The Labute approximate surface area is 171 Å². The van der Waals surface area contributed by atoms with Crippen LogP contribution >= 0.6 is 0 Å². The molecule has 0 spiro atoms. The zero-order valence-electron chi connectivity index (χ0n) is 16.5. The maximum Gasteiger partial charge on any atom is 0.342 e. The molecule has 0 bridgehead atoms. The first-order valence-electron chi connectivity index (χ1n) is 8.93. The number of hydrogen-bond donors (Lipinski definition) is 1. The van der Waals surface area contributed by atoms with Crippen LogP contribution in [-0.2, 0) is 9.47 Å². The van der Waals surface area contributed by atoms with Crippen LogP contribution in [0.1, 0.15) is 20.7 Å². The second-order valence-electron chi connectivity index (χ2n) is 6.44. The van der Waals surface area contributed by atoms with Gasteiger partial charge in [-0.2, -0.15) is 0 Å². The van der Waals surface area contributed by atoms with Crippen LogP contribution in [0, 0.1) is 0 Å².